The average molecular weight is 261 g/mol. The normalized spacial score (nSPS) is 10.3. The number of fused-ring (bicyclic) bond motifs is 1. The molecule has 1 amide bonds. The van der Waals surface area contributed by atoms with Crippen LogP contribution < -0.4 is 5.32 Å². The van der Waals surface area contributed by atoms with E-state index in [1.54, 1.807) is 12.1 Å². The van der Waals surface area contributed by atoms with Gasteiger partial charge in [0, 0.05) is 6.54 Å². The summed E-state index contributed by atoms with van der Waals surface area (Å²) in [5.74, 6) is -1.01. The van der Waals surface area contributed by atoms with E-state index in [0.717, 1.165) is 10.8 Å². The lowest BCUT2D eigenvalue weighted by Gasteiger charge is -2.10. The van der Waals surface area contributed by atoms with E-state index in [9.17, 15) is 9.59 Å². The summed E-state index contributed by atoms with van der Waals surface area (Å²) in [5, 5.41) is 12.9. The van der Waals surface area contributed by atoms with Gasteiger partial charge in [0.2, 0.25) is 0 Å². The highest BCUT2D eigenvalue weighted by atomic mass is 32.1. The minimum Gasteiger partial charge on any atom is -0.478 e. The van der Waals surface area contributed by atoms with Crippen molar-refractivity contribution in [2.45, 2.75) is 6.54 Å². The van der Waals surface area contributed by atoms with Gasteiger partial charge in [0.25, 0.3) is 5.24 Å². The van der Waals surface area contributed by atoms with Crippen molar-refractivity contribution in [3.8, 4) is 0 Å². The van der Waals surface area contributed by atoms with E-state index < -0.39 is 11.2 Å². The summed E-state index contributed by atoms with van der Waals surface area (Å²) in [5.41, 5.74) is 0.777. The van der Waals surface area contributed by atoms with Crippen molar-refractivity contribution in [1.82, 2.24) is 5.32 Å². The number of carboxylic acid groups (broad SMARTS) is 1. The number of rotatable bonds is 3. The van der Waals surface area contributed by atoms with Gasteiger partial charge in [0.05, 0.1) is 5.56 Å². The smallest absolute Gasteiger partial charge is 0.336 e. The number of thiol groups is 1. The molecule has 0 radical (unpaired) electrons. The van der Waals surface area contributed by atoms with Gasteiger partial charge in [-0.2, -0.15) is 0 Å². The maximum Gasteiger partial charge on any atom is 0.336 e. The maximum atomic E-state index is 11.2. The number of carbonyl (C=O) groups is 2. The van der Waals surface area contributed by atoms with Crippen LogP contribution in [0.2, 0.25) is 0 Å². The molecule has 0 saturated heterocycles. The first-order chi connectivity index (χ1) is 8.59. The highest BCUT2D eigenvalue weighted by Crippen LogP contribution is 2.22. The number of carbonyl (C=O) groups excluding carboxylic acids is 1. The lowest BCUT2D eigenvalue weighted by Crippen LogP contribution is -2.18. The van der Waals surface area contributed by atoms with Crippen LogP contribution in [-0.2, 0) is 6.54 Å². The SMILES string of the molecule is O=C(S)NCc1c(C(=O)O)ccc2ccccc12. The molecule has 2 aromatic rings. The first kappa shape index (κ1) is 12.4. The van der Waals surface area contributed by atoms with Gasteiger partial charge in [-0.3, -0.25) is 4.79 Å². The zero-order valence-electron chi connectivity index (χ0n) is 9.38. The standard InChI is InChI=1S/C13H11NO3S/c15-12(16)10-6-5-8-3-1-2-4-9(8)11(10)7-14-13(17)18/h1-6H,7H2,(H,15,16)(H2,14,17,18). The van der Waals surface area contributed by atoms with Crippen molar-refractivity contribution in [3.63, 3.8) is 0 Å². The average Bonchev–Trinajstić information content (AvgIpc) is 2.35. The van der Waals surface area contributed by atoms with Crippen molar-refractivity contribution >= 4 is 34.6 Å². The van der Waals surface area contributed by atoms with E-state index in [1.807, 2.05) is 24.3 Å². The lowest BCUT2D eigenvalue weighted by atomic mass is 9.99. The Bertz CT molecular complexity index is 625. The van der Waals surface area contributed by atoms with Gasteiger partial charge < -0.3 is 10.4 Å². The Morgan fingerprint density at radius 1 is 1.17 bits per heavy atom. The summed E-state index contributed by atoms with van der Waals surface area (Å²) in [4.78, 5) is 22.0. The molecule has 0 saturated carbocycles. The minimum atomic E-state index is -1.01. The second-order valence-electron chi connectivity index (χ2n) is 3.78. The summed E-state index contributed by atoms with van der Waals surface area (Å²) in [6.45, 7) is 0.144. The van der Waals surface area contributed by atoms with Crippen LogP contribution in [0.5, 0.6) is 0 Å². The Balaban J connectivity index is 2.58. The van der Waals surface area contributed by atoms with Gasteiger partial charge in [-0.05, 0) is 22.4 Å². The molecular formula is C13H11NO3S. The summed E-state index contributed by atoms with van der Waals surface area (Å²) in [7, 11) is 0. The van der Waals surface area contributed by atoms with E-state index in [4.69, 9.17) is 5.11 Å². The number of hydrogen-bond donors (Lipinski definition) is 3. The van der Waals surface area contributed by atoms with Crippen LogP contribution in [0.25, 0.3) is 10.8 Å². The van der Waals surface area contributed by atoms with Gasteiger partial charge in [-0.15, -0.1) is 0 Å². The number of benzene rings is 2. The van der Waals surface area contributed by atoms with E-state index in [0.29, 0.717) is 5.56 Å². The largest absolute Gasteiger partial charge is 0.478 e. The molecule has 5 heteroatoms. The van der Waals surface area contributed by atoms with Gasteiger partial charge in [-0.25, -0.2) is 4.79 Å². The third kappa shape index (κ3) is 2.46. The molecule has 0 unspecified atom stereocenters. The Kier molecular flexibility index (Phi) is 3.53. The predicted octanol–water partition coefficient (Wildman–Crippen LogP) is 2.68. The zero-order chi connectivity index (χ0) is 13.1. The van der Waals surface area contributed by atoms with Crippen LogP contribution in [0.3, 0.4) is 0 Å². The molecular weight excluding hydrogens is 250 g/mol. The molecule has 18 heavy (non-hydrogen) atoms. The summed E-state index contributed by atoms with van der Waals surface area (Å²) < 4.78 is 0. The number of hydrogen-bond acceptors (Lipinski definition) is 2. The maximum absolute atomic E-state index is 11.2. The summed E-state index contributed by atoms with van der Waals surface area (Å²) >= 11 is 3.61. The van der Waals surface area contributed by atoms with Crippen molar-refractivity contribution < 1.29 is 14.7 Å². The molecule has 0 aliphatic carbocycles. The molecule has 0 atom stereocenters. The van der Waals surface area contributed by atoms with Crippen LogP contribution >= 0.6 is 12.6 Å². The van der Waals surface area contributed by atoms with Gasteiger partial charge in [0.1, 0.15) is 0 Å². The fourth-order valence-electron chi connectivity index (χ4n) is 1.89. The molecule has 0 aliphatic heterocycles. The van der Waals surface area contributed by atoms with Crippen molar-refractivity contribution in [3.05, 3.63) is 47.5 Å². The highest BCUT2D eigenvalue weighted by molar-refractivity contribution is 7.96. The van der Waals surface area contributed by atoms with Crippen molar-refractivity contribution in [1.29, 1.82) is 0 Å². The van der Waals surface area contributed by atoms with Crippen LogP contribution in [0.1, 0.15) is 15.9 Å². The van der Waals surface area contributed by atoms with E-state index in [2.05, 4.69) is 17.9 Å². The van der Waals surface area contributed by atoms with Crippen LogP contribution in [0.4, 0.5) is 4.79 Å². The Labute approximate surface area is 109 Å². The third-order valence-corrected chi connectivity index (χ3v) is 2.85. The number of carboxylic acids is 1. The number of amides is 1. The fourth-order valence-corrected chi connectivity index (χ4v) is 1.97. The Morgan fingerprint density at radius 2 is 1.89 bits per heavy atom. The van der Waals surface area contributed by atoms with Crippen molar-refractivity contribution in [2.24, 2.45) is 0 Å². The first-order valence-electron chi connectivity index (χ1n) is 5.30. The lowest BCUT2D eigenvalue weighted by molar-refractivity contribution is 0.0695. The fraction of sp³-hybridized carbons (Fsp3) is 0.0769. The Hall–Kier alpha value is -2.01. The van der Waals surface area contributed by atoms with Gasteiger partial charge >= 0.3 is 5.97 Å². The van der Waals surface area contributed by atoms with Crippen molar-refractivity contribution in [2.75, 3.05) is 0 Å². The molecule has 2 N–H and O–H groups in total. The van der Waals surface area contributed by atoms with Crippen LogP contribution in [0, 0.1) is 0 Å². The molecule has 2 aromatic carbocycles. The first-order valence-corrected chi connectivity index (χ1v) is 5.75. The number of nitrogens with one attached hydrogen (secondary N) is 1. The quantitative estimate of drug-likeness (QED) is 0.744. The third-order valence-electron chi connectivity index (χ3n) is 2.69. The molecule has 0 aromatic heterocycles. The second-order valence-corrected chi connectivity index (χ2v) is 4.18. The van der Waals surface area contributed by atoms with Gasteiger partial charge in [-0.1, -0.05) is 43.0 Å². The molecule has 2 rings (SSSR count). The molecule has 4 nitrogen and oxygen atoms in total. The summed E-state index contributed by atoms with van der Waals surface area (Å²) in [6, 6.07) is 10.7. The molecule has 0 fully saturated rings. The molecule has 0 spiro atoms. The van der Waals surface area contributed by atoms with Gasteiger partial charge in [0.15, 0.2) is 0 Å². The van der Waals surface area contributed by atoms with Crippen LogP contribution in [-0.4, -0.2) is 16.3 Å². The molecule has 92 valence electrons. The molecule has 0 bridgehead atoms. The summed E-state index contributed by atoms with van der Waals surface area (Å²) in [6.07, 6.45) is 0. The minimum absolute atomic E-state index is 0.144. The monoisotopic (exact) mass is 261 g/mol. The predicted molar refractivity (Wildman–Crippen MR) is 72.1 cm³/mol. The van der Waals surface area contributed by atoms with E-state index in [-0.39, 0.29) is 12.1 Å². The van der Waals surface area contributed by atoms with E-state index >= 15 is 0 Å². The van der Waals surface area contributed by atoms with E-state index in [1.165, 1.54) is 0 Å². The second kappa shape index (κ2) is 5.10. The van der Waals surface area contributed by atoms with Crippen LogP contribution in [0.15, 0.2) is 36.4 Å². The highest BCUT2D eigenvalue weighted by Gasteiger charge is 2.13. The molecule has 0 heterocycles. The topological polar surface area (TPSA) is 66.4 Å². The zero-order valence-corrected chi connectivity index (χ0v) is 10.3. The Morgan fingerprint density at radius 3 is 2.56 bits per heavy atom. The number of aromatic carboxylic acids is 1. The molecule has 0 aliphatic rings.